The highest BCUT2D eigenvalue weighted by Gasteiger charge is 2.17. The van der Waals surface area contributed by atoms with Gasteiger partial charge in [0.15, 0.2) is 5.78 Å². The lowest BCUT2D eigenvalue weighted by molar-refractivity contribution is 0.101. The van der Waals surface area contributed by atoms with E-state index in [9.17, 15) is 18.0 Å². The van der Waals surface area contributed by atoms with Crippen molar-refractivity contribution in [2.45, 2.75) is 38.1 Å². The number of amides is 1. The lowest BCUT2D eigenvalue weighted by atomic mass is 10.1. The zero-order chi connectivity index (χ0) is 19.3. The highest BCUT2D eigenvalue weighted by molar-refractivity contribution is 7.89. The first-order valence-electron chi connectivity index (χ1n) is 8.28. The average Bonchev–Trinajstić information content (AvgIpc) is 2.61. The molecule has 0 aliphatic carbocycles. The Morgan fingerprint density at radius 3 is 2.23 bits per heavy atom. The van der Waals surface area contributed by atoms with Crippen LogP contribution in [-0.2, 0) is 10.0 Å². The predicted octanol–water partition coefficient (Wildman–Crippen LogP) is 3.22. The van der Waals surface area contributed by atoms with Gasteiger partial charge in [-0.25, -0.2) is 13.1 Å². The van der Waals surface area contributed by atoms with E-state index in [0.717, 1.165) is 0 Å². The van der Waals surface area contributed by atoms with Crippen molar-refractivity contribution in [3.8, 4) is 0 Å². The standard InChI is InChI=1S/C19H22N2O4S/c1-4-13(2)21-26(24,25)16-11-9-15(10-12-16)19(23)20-18-8-6-5-7-17(18)14(3)22/h5-13,21H,4H2,1-3H3,(H,20,23). The largest absolute Gasteiger partial charge is 0.321 e. The molecule has 0 aliphatic rings. The number of benzene rings is 2. The Balaban J connectivity index is 2.18. The van der Waals surface area contributed by atoms with Gasteiger partial charge in [0.25, 0.3) is 5.91 Å². The maximum Gasteiger partial charge on any atom is 0.255 e. The van der Waals surface area contributed by atoms with Crippen molar-refractivity contribution in [1.29, 1.82) is 0 Å². The Labute approximate surface area is 153 Å². The number of para-hydroxylation sites is 1. The lowest BCUT2D eigenvalue weighted by Crippen LogP contribution is -2.32. The van der Waals surface area contributed by atoms with Crippen molar-refractivity contribution in [1.82, 2.24) is 4.72 Å². The number of hydrogen-bond donors (Lipinski definition) is 2. The van der Waals surface area contributed by atoms with Crippen LogP contribution in [-0.4, -0.2) is 26.2 Å². The van der Waals surface area contributed by atoms with Crippen molar-refractivity contribution in [3.63, 3.8) is 0 Å². The van der Waals surface area contributed by atoms with E-state index in [1.807, 2.05) is 6.92 Å². The molecule has 0 fully saturated rings. The summed E-state index contributed by atoms with van der Waals surface area (Å²) in [6.45, 7) is 5.10. The molecule has 0 heterocycles. The number of carbonyl (C=O) groups excluding carboxylic acids is 2. The molecule has 2 rings (SSSR count). The van der Waals surface area contributed by atoms with Crippen LogP contribution in [0.5, 0.6) is 0 Å². The molecule has 1 atom stereocenters. The Morgan fingerprint density at radius 1 is 1.04 bits per heavy atom. The Morgan fingerprint density at radius 2 is 1.65 bits per heavy atom. The molecule has 2 N–H and O–H groups in total. The van der Waals surface area contributed by atoms with Gasteiger partial charge in [-0.05, 0) is 56.7 Å². The summed E-state index contributed by atoms with van der Waals surface area (Å²) in [5, 5.41) is 2.68. The maximum absolute atomic E-state index is 12.4. The number of sulfonamides is 1. The smallest absolute Gasteiger partial charge is 0.255 e. The molecule has 1 amide bonds. The minimum absolute atomic E-state index is 0.0958. The predicted molar refractivity (Wildman–Crippen MR) is 101 cm³/mol. The summed E-state index contributed by atoms with van der Waals surface area (Å²) >= 11 is 0. The van der Waals surface area contributed by atoms with E-state index in [1.54, 1.807) is 31.2 Å². The van der Waals surface area contributed by atoms with E-state index in [4.69, 9.17) is 0 Å². The summed E-state index contributed by atoms with van der Waals surface area (Å²) in [7, 11) is -3.62. The van der Waals surface area contributed by atoms with Gasteiger partial charge in [0.1, 0.15) is 0 Å². The molecule has 0 aliphatic heterocycles. The second kappa shape index (κ2) is 8.25. The topological polar surface area (TPSA) is 92.3 Å². The highest BCUT2D eigenvalue weighted by atomic mass is 32.2. The Kier molecular flexibility index (Phi) is 6.28. The highest BCUT2D eigenvalue weighted by Crippen LogP contribution is 2.18. The molecule has 6 nitrogen and oxygen atoms in total. The molecule has 0 bridgehead atoms. The van der Waals surface area contributed by atoms with Gasteiger partial charge in [0.2, 0.25) is 10.0 Å². The molecule has 138 valence electrons. The van der Waals surface area contributed by atoms with Crippen LogP contribution in [0.3, 0.4) is 0 Å². The van der Waals surface area contributed by atoms with E-state index in [2.05, 4.69) is 10.0 Å². The zero-order valence-electron chi connectivity index (χ0n) is 14.9. The van der Waals surface area contributed by atoms with Crippen molar-refractivity contribution in [2.24, 2.45) is 0 Å². The van der Waals surface area contributed by atoms with Gasteiger partial charge >= 0.3 is 0 Å². The van der Waals surface area contributed by atoms with Crippen LogP contribution in [0.4, 0.5) is 5.69 Å². The number of hydrogen-bond acceptors (Lipinski definition) is 4. The van der Waals surface area contributed by atoms with Crippen LogP contribution in [0.1, 0.15) is 47.9 Å². The van der Waals surface area contributed by atoms with Gasteiger partial charge in [-0.15, -0.1) is 0 Å². The first-order chi connectivity index (χ1) is 12.2. The average molecular weight is 374 g/mol. The fourth-order valence-electron chi connectivity index (χ4n) is 2.30. The summed E-state index contributed by atoms with van der Waals surface area (Å²) in [6.07, 6.45) is 0.676. The van der Waals surface area contributed by atoms with Gasteiger partial charge in [0, 0.05) is 17.2 Å². The minimum atomic E-state index is -3.62. The molecule has 2 aromatic rings. The number of rotatable bonds is 7. The molecule has 0 spiro atoms. The zero-order valence-corrected chi connectivity index (χ0v) is 15.8. The number of ketones is 1. The summed E-state index contributed by atoms with van der Waals surface area (Å²) in [5.41, 5.74) is 1.13. The number of nitrogens with one attached hydrogen (secondary N) is 2. The van der Waals surface area contributed by atoms with Crippen molar-refractivity contribution >= 4 is 27.4 Å². The fourth-order valence-corrected chi connectivity index (χ4v) is 3.62. The van der Waals surface area contributed by atoms with E-state index in [-0.39, 0.29) is 16.7 Å². The van der Waals surface area contributed by atoms with Gasteiger partial charge in [-0.1, -0.05) is 19.1 Å². The molecular weight excluding hydrogens is 352 g/mol. The van der Waals surface area contributed by atoms with E-state index in [1.165, 1.54) is 31.2 Å². The first kappa shape index (κ1) is 19.8. The van der Waals surface area contributed by atoms with Crippen LogP contribution < -0.4 is 10.0 Å². The Hall–Kier alpha value is -2.51. The minimum Gasteiger partial charge on any atom is -0.321 e. The fraction of sp³-hybridized carbons (Fsp3) is 0.263. The lowest BCUT2D eigenvalue weighted by Gasteiger charge is -2.12. The number of Topliss-reactive ketones (excluding diaryl/α,β-unsaturated/α-hetero) is 1. The number of anilines is 1. The van der Waals surface area contributed by atoms with Crippen molar-refractivity contribution in [3.05, 3.63) is 59.7 Å². The van der Waals surface area contributed by atoms with Crippen LogP contribution >= 0.6 is 0 Å². The summed E-state index contributed by atoms with van der Waals surface area (Å²) < 4.78 is 27.1. The third kappa shape index (κ3) is 4.77. The summed E-state index contributed by atoms with van der Waals surface area (Å²) in [6, 6.07) is 12.2. The molecule has 0 aromatic heterocycles. The molecule has 1 unspecified atom stereocenters. The Bertz CT molecular complexity index is 905. The molecule has 0 radical (unpaired) electrons. The van der Waals surface area contributed by atoms with Crippen molar-refractivity contribution < 1.29 is 18.0 Å². The molecule has 0 saturated heterocycles. The van der Waals surface area contributed by atoms with E-state index in [0.29, 0.717) is 23.2 Å². The molecule has 26 heavy (non-hydrogen) atoms. The third-order valence-electron chi connectivity index (χ3n) is 3.95. The van der Waals surface area contributed by atoms with Gasteiger partial charge in [-0.2, -0.15) is 0 Å². The van der Waals surface area contributed by atoms with Crippen LogP contribution in [0.2, 0.25) is 0 Å². The van der Waals surface area contributed by atoms with Crippen LogP contribution in [0.25, 0.3) is 0 Å². The molecule has 7 heteroatoms. The quantitative estimate of drug-likeness (QED) is 0.728. The molecule has 2 aromatic carbocycles. The van der Waals surface area contributed by atoms with Gasteiger partial charge in [0.05, 0.1) is 10.6 Å². The summed E-state index contributed by atoms with van der Waals surface area (Å²) in [5.74, 6) is -0.573. The van der Waals surface area contributed by atoms with Gasteiger partial charge in [-0.3, -0.25) is 9.59 Å². The monoisotopic (exact) mass is 374 g/mol. The maximum atomic E-state index is 12.4. The van der Waals surface area contributed by atoms with Crippen LogP contribution in [0, 0.1) is 0 Å². The molecule has 0 saturated carbocycles. The number of carbonyl (C=O) groups is 2. The normalized spacial score (nSPS) is 12.4. The SMILES string of the molecule is CCC(C)NS(=O)(=O)c1ccc(C(=O)Nc2ccccc2C(C)=O)cc1. The van der Waals surface area contributed by atoms with Crippen LogP contribution in [0.15, 0.2) is 53.4 Å². The van der Waals surface area contributed by atoms with Gasteiger partial charge < -0.3 is 5.32 Å². The van der Waals surface area contributed by atoms with Crippen molar-refractivity contribution in [2.75, 3.05) is 5.32 Å². The summed E-state index contributed by atoms with van der Waals surface area (Å²) in [4.78, 5) is 24.1. The first-order valence-corrected chi connectivity index (χ1v) is 9.76. The van der Waals surface area contributed by atoms with E-state index < -0.39 is 15.9 Å². The molecular formula is C19H22N2O4S. The second-order valence-corrected chi connectivity index (χ2v) is 7.72. The second-order valence-electron chi connectivity index (χ2n) is 6.01. The van der Waals surface area contributed by atoms with E-state index >= 15 is 0 Å². The third-order valence-corrected chi connectivity index (χ3v) is 5.56.